The second kappa shape index (κ2) is 5.68. The van der Waals surface area contributed by atoms with Crippen LogP contribution in [-0.2, 0) is 11.2 Å². The predicted octanol–water partition coefficient (Wildman–Crippen LogP) is 1.09. The molecule has 0 bridgehead atoms. The first-order valence-corrected chi connectivity index (χ1v) is 5.61. The van der Waals surface area contributed by atoms with Crippen molar-refractivity contribution in [3.05, 3.63) is 29.8 Å². The van der Waals surface area contributed by atoms with Gasteiger partial charge < -0.3 is 15.8 Å². The number of hydrogen-bond donors (Lipinski definition) is 2. The maximum Gasteiger partial charge on any atom is 0.224 e. The minimum Gasteiger partial charge on any atom is -0.497 e. The first-order chi connectivity index (χ1) is 7.96. The van der Waals surface area contributed by atoms with Gasteiger partial charge in [-0.25, -0.2) is 0 Å². The Morgan fingerprint density at radius 3 is 2.76 bits per heavy atom. The van der Waals surface area contributed by atoms with Crippen LogP contribution in [0.5, 0.6) is 5.75 Å². The molecule has 0 radical (unpaired) electrons. The fourth-order valence-electron chi connectivity index (χ4n) is 1.44. The van der Waals surface area contributed by atoms with Crippen LogP contribution in [0.15, 0.2) is 24.3 Å². The molecule has 1 aromatic rings. The largest absolute Gasteiger partial charge is 0.497 e. The Labute approximate surface area is 102 Å². The number of carbonyl (C=O) groups is 1. The highest BCUT2D eigenvalue weighted by Crippen LogP contribution is 2.13. The van der Waals surface area contributed by atoms with Crippen molar-refractivity contribution >= 4 is 5.91 Å². The lowest BCUT2D eigenvalue weighted by atomic mass is 10.0. The average Bonchev–Trinajstić information content (AvgIpc) is 2.28. The van der Waals surface area contributed by atoms with Crippen molar-refractivity contribution in [2.75, 3.05) is 13.7 Å². The Morgan fingerprint density at radius 1 is 1.47 bits per heavy atom. The monoisotopic (exact) mass is 236 g/mol. The number of hydrogen-bond acceptors (Lipinski definition) is 3. The van der Waals surface area contributed by atoms with Crippen LogP contribution in [0.3, 0.4) is 0 Å². The quantitative estimate of drug-likeness (QED) is 0.804. The molecule has 0 atom stereocenters. The molecule has 1 amide bonds. The summed E-state index contributed by atoms with van der Waals surface area (Å²) in [6.45, 7) is 4.21. The van der Waals surface area contributed by atoms with E-state index in [1.165, 1.54) is 0 Å². The van der Waals surface area contributed by atoms with Crippen molar-refractivity contribution in [1.82, 2.24) is 5.32 Å². The van der Waals surface area contributed by atoms with E-state index in [4.69, 9.17) is 10.5 Å². The molecule has 4 nitrogen and oxygen atoms in total. The van der Waals surface area contributed by atoms with E-state index in [0.717, 1.165) is 11.3 Å². The molecule has 1 aromatic carbocycles. The molecule has 1 rings (SSSR count). The van der Waals surface area contributed by atoms with Gasteiger partial charge in [-0.1, -0.05) is 12.1 Å². The van der Waals surface area contributed by atoms with E-state index in [0.29, 0.717) is 13.0 Å². The highest BCUT2D eigenvalue weighted by atomic mass is 16.5. The van der Waals surface area contributed by atoms with Crippen LogP contribution >= 0.6 is 0 Å². The first kappa shape index (κ1) is 13.5. The van der Waals surface area contributed by atoms with Gasteiger partial charge in [0.2, 0.25) is 5.91 Å². The van der Waals surface area contributed by atoms with E-state index >= 15 is 0 Å². The molecule has 0 saturated carbocycles. The highest BCUT2D eigenvalue weighted by molar-refractivity contribution is 5.79. The summed E-state index contributed by atoms with van der Waals surface area (Å²) in [5.74, 6) is 0.724. The molecule has 0 saturated heterocycles. The third kappa shape index (κ3) is 4.44. The van der Waals surface area contributed by atoms with Crippen LogP contribution in [0, 0.1) is 0 Å². The lowest BCUT2D eigenvalue weighted by Crippen LogP contribution is -2.49. The number of nitrogens with one attached hydrogen (secondary N) is 1. The SMILES string of the molecule is COc1cccc(CC(=O)NC(C)(C)CN)c1. The zero-order chi connectivity index (χ0) is 12.9. The fraction of sp³-hybridized carbons (Fsp3) is 0.462. The van der Waals surface area contributed by atoms with Crippen molar-refractivity contribution in [3.63, 3.8) is 0 Å². The van der Waals surface area contributed by atoms with Gasteiger partial charge in [0.05, 0.1) is 13.5 Å². The van der Waals surface area contributed by atoms with Crippen molar-refractivity contribution in [3.8, 4) is 5.75 Å². The molecule has 0 aromatic heterocycles. The molecule has 0 unspecified atom stereocenters. The molecule has 0 fully saturated rings. The Balaban J connectivity index is 2.62. The summed E-state index contributed by atoms with van der Waals surface area (Å²) < 4.78 is 5.11. The van der Waals surface area contributed by atoms with Gasteiger partial charge in [0.25, 0.3) is 0 Å². The fourth-order valence-corrected chi connectivity index (χ4v) is 1.44. The average molecular weight is 236 g/mol. The number of amides is 1. The van der Waals surface area contributed by atoms with Gasteiger partial charge in [0, 0.05) is 12.1 Å². The number of ether oxygens (including phenoxy) is 1. The first-order valence-electron chi connectivity index (χ1n) is 5.61. The van der Waals surface area contributed by atoms with E-state index in [1.807, 2.05) is 38.1 Å². The van der Waals surface area contributed by atoms with E-state index in [9.17, 15) is 4.79 Å². The van der Waals surface area contributed by atoms with Crippen molar-refractivity contribution < 1.29 is 9.53 Å². The smallest absolute Gasteiger partial charge is 0.224 e. The summed E-state index contributed by atoms with van der Waals surface area (Å²) in [5, 5.41) is 2.89. The lowest BCUT2D eigenvalue weighted by Gasteiger charge is -2.24. The van der Waals surface area contributed by atoms with Crippen molar-refractivity contribution in [2.24, 2.45) is 5.73 Å². The van der Waals surface area contributed by atoms with Gasteiger partial charge >= 0.3 is 0 Å². The Hall–Kier alpha value is -1.55. The van der Waals surface area contributed by atoms with Gasteiger partial charge in [0.1, 0.15) is 5.75 Å². The van der Waals surface area contributed by atoms with Gasteiger partial charge in [-0.2, -0.15) is 0 Å². The Bertz CT molecular complexity index is 389. The second-order valence-electron chi connectivity index (χ2n) is 4.66. The minimum absolute atomic E-state index is 0.0336. The topological polar surface area (TPSA) is 64.3 Å². The highest BCUT2D eigenvalue weighted by Gasteiger charge is 2.18. The summed E-state index contributed by atoms with van der Waals surface area (Å²) in [7, 11) is 1.61. The lowest BCUT2D eigenvalue weighted by molar-refractivity contribution is -0.121. The van der Waals surface area contributed by atoms with E-state index < -0.39 is 0 Å². The Morgan fingerprint density at radius 2 is 2.18 bits per heavy atom. The molecule has 0 aliphatic heterocycles. The summed E-state index contributed by atoms with van der Waals surface area (Å²) >= 11 is 0. The van der Waals surface area contributed by atoms with Crippen LogP contribution < -0.4 is 15.8 Å². The normalized spacial score (nSPS) is 11.1. The Kier molecular flexibility index (Phi) is 4.52. The third-order valence-corrected chi connectivity index (χ3v) is 2.49. The zero-order valence-electron chi connectivity index (χ0n) is 10.6. The molecule has 0 heterocycles. The third-order valence-electron chi connectivity index (χ3n) is 2.49. The number of benzene rings is 1. The molecule has 0 spiro atoms. The van der Waals surface area contributed by atoms with E-state index in [2.05, 4.69) is 5.32 Å². The predicted molar refractivity (Wildman–Crippen MR) is 68.0 cm³/mol. The van der Waals surface area contributed by atoms with Crippen LogP contribution in [0.4, 0.5) is 0 Å². The molecule has 94 valence electrons. The van der Waals surface area contributed by atoms with Gasteiger partial charge in [-0.15, -0.1) is 0 Å². The molecule has 0 aliphatic rings. The summed E-state index contributed by atoms with van der Waals surface area (Å²) in [6.07, 6.45) is 0.334. The maximum atomic E-state index is 11.8. The minimum atomic E-state index is -0.365. The van der Waals surface area contributed by atoms with Crippen LogP contribution in [0.1, 0.15) is 19.4 Å². The molecule has 3 N–H and O–H groups in total. The van der Waals surface area contributed by atoms with E-state index in [-0.39, 0.29) is 11.4 Å². The molecular weight excluding hydrogens is 216 g/mol. The number of carbonyl (C=O) groups excluding carboxylic acids is 1. The molecule has 0 aliphatic carbocycles. The number of rotatable bonds is 5. The van der Waals surface area contributed by atoms with E-state index in [1.54, 1.807) is 7.11 Å². The van der Waals surface area contributed by atoms with Crippen LogP contribution in [0.25, 0.3) is 0 Å². The zero-order valence-corrected chi connectivity index (χ0v) is 10.6. The summed E-state index contributed by atoms with van der Waals surface area (Å²) in [6, 6.07) is 7.48. The summed E-state index contributed by atoms with van der Waals surface area (Å²) in [5.41, 5.74) is 6.12. The van der Waals surface area contributed by atoms with Crippen LogP contribution in [0.2, 0.25) is 0 Å². The van der Waals surface area contributed by atoms with Crippen molar-refractivity contribution in [1.29, 1.82) is 0 Å². The van der Waals surface area contributed by atoms with Crippen LogP contribution in [-0.4, -0.2) is 25.1 Å². The van der Waals surface area contributed by atoms with Crippen molar-refractivity contribution in [2.45, 2.75) is 25.8 Å². The summed E-state index contributed by atoms with van der Waals surface area (Å²) in [4.78, 5) is 11.8. The standard InChI is InChI=1S/C13H20N2O2/c1-13(2,9-14)15-12(16)8-10-5-4-6-11(7-10)17-3/h4-7H,8-9,14H2,1-3H3,(H,15,16). The molecular formula is C13H20N2O2. The number of methoxy groups -OCH3 is 1. The molecule has 4 heteroatoms. The van der Waals surface area contributed by atoms with Gasteiger partial charge in [-0.3, -0.25) is 4.79 Å². The number of nitrogens with two attached hydrogens (primary N) is 1. The second-order valence-corrected chi connectivity index (χ2v) is 4.66. The molecule has 17 heavy (non-hydrogen) atoms. The maximum absolute atomic E-state index is 11.8. The van der Waals surface area contributed by atoms with Gasteiger partial charge in [0.15, 0.2) is 0 Å². The van der Waals surface area contributed by atoms with Gasteiger partial charge in [-0.05, 0) is 31.5 Å².